The van der Waals surface area contributed by atoms with E-state index in [2.05, 4.69) is 30.6 Å². The number of hydrazone groups is 4. The molecular formula is C81H76N12O16S4. The number of aryl methyl sites for hydroxylation is 1. The minimum absolute atomic E-state index is 0.141. The van der Waals surface area contributed by atoms with Crippen molar-refractivity contribution in [1.82, 2.24) is 34.8 Å². The number of hydrogen-bond donors (Lipinski definition) is 1. The summed E-state index contributed by atoms with van der Waals surface area (Å²) in [5.74, 6) is 4.39. The smallest absolute Gasteiger partial charge is 0.344 e. The van der Waals surface area contributed by atoms with Crippen LogP contribution in [0.1, 0.15) is 150 Å². The lowest BCUT2D eigenvalue weighted by Crippen LogP contribution is -2.28. The summed E-state index contributed by atoms with van der Waals surface area (Å²) in [6.45, 7) is 4.49. The molecule has 580 valence electrons. The number of carbonyl (C=O) groups is 6. The van der Waals surface area contributed by atoms with Gasteiger partial charge >= 0.3 is 17.8 Å². The first-order valence-electron chi connectivity index (χ1n) is 35.7. The largest absolute Gasteiger partial charge is 0.494 e. The molecule has 13 heterocycles. The standard InChI is InChI=1S/C22H20N2O5S.C20H18N2O4S.C20H18N2O4.C19H20N6O3S2/c1-2-27-21(25)14-29-16-9-7-15(8-10-16)17-13-18(19-5-3-11-28-19)24(23-17)22(26)20-6-4-12-30-20;1-24-16-8-7-13(11-18(16)25-2)14-12-15(19-6-4-10-27-19)22(21-14)20(23)17-5-3-9-26-17;1-2-24-15-9-7-14(8-10-15)16-13-17(18-5-3-11-25-18)22(21-16)20(23)19-6-4-12-26-19;1-24-17(7-6-16(20)26)21-22-19(24)30-11-18(27)25-13(14-4-2-8-28-14)10-12(23-25)15-5-3-9-29-15/h3-12,18H,2,13-14H2,1H3;3-11,15H,12H2,1-2H3;3-12,17H,2,13H2,1H3;2-5,8-9,13H,6-7,10-11H2,1H3,(H2,20,26). The number of ether oxygens (including phenoxy) is 5. The molecule has 3 aromatic carbocycles. The molecule has 4 aliphatic heterocycles. The predicted octanol–water partition coefficient (Wildman–Crippen LogP) is 15.2. The maximum atomic E-state index is 13.0. The van der Waals surface area contributed by atoms with E-state index in [0.717, 1.165) is 55.0 Å². The molecule has 16 rings (SSSR count). The number of aromatic nitrogens is 3. The fourth-order valence-electron chi connectivity index (χ4n) is 12.4. The zero-order chi connectivity index (χ0) is 78.7. The first-order chi connectivity index (χ1) is 55.1. The summed E-state index contributed by atoms with van der Waals surface area (Å²) in [6.07, 6.45) is 10.7. The Kier molecular flexibility index (Phi) is 26.0. The van der Waals surface area contributed by atoms with Crippen LogP contribution in [0.3, 0.4) is 0 Å². The van der Waals surface area contributed by atoms with Crippen molar-refractivity contribution in [3.8, 4) is 23.0 Å². The van der Waals surface area contributed by atoms with Crippen molar-refractivity contribution in [3.05, 3.63) is 277 Å². The quantitative estimate of drug-likeness (QED) is 0.0410. The van der Waals surface area contributed by atoms with Crippen molar-refractivity contribution in [2.24, 2.45) is 33.2 Å². The van der Waals surface area contributed by atoms with Gasteiger partial charge in [0.05, 0.1) is 103 Å². The Hall–Kier alpha value is -12.7. The second kappa shape index (κ2) is 37.4. The molecule has 4 atom stereocenters. The van der Waals surface area contributed by atoms with Crippen LogP contribution in [0.5, 0.6) is 23.0 Å². The summed E-state index contributed by atoms with van der Waals surface area (Å²) in [5.41, 5.74) is 11.2. The molecule has 0 aliphatic carbocycles. The minimum Gasteiger partial charge on any atom is -0.494 e. The molecule has 4 unspecified atom stereocenters. The normalized spacial score (nSPS) is 16.2. The van der Waals surface area contributed by atoms with Gasteiger partial charge in [0.2, 0.25) is 5.91 Å². The lowest BCUT2D eigenvalue weighted by atomic mass is 10.0. The maximum absolute atomic E-state index is 13.0. The summed E-state index contributed by atoms with van der Waals surface area (Å²) in [4.78, 5) is 76.8. The molecule has 0 fully saturated rings. The van der Waals surface area contributed by atoms with E-state index in [4.69, 9.17) is 51.5 Å². The molecule has 0 spiro atoms. The number of thiophene rings is 3. The van der Waals surface area contributed by atoms with Gasteiger partial charge in [-0.1, -0.05) is 30.0 Å². The van der Waals surface area contributed by atoms with E-state index >= 15 is 0 Å². The third-order valence-corrected chi connectivity index (χ3v) is 21.7. The van der Waals surface area contributed by atoms with Gasteiger partial charge in [0.1, 0.15) is 52.7 Å². The fourth-order valence-corrected chi connectivity index (χ4v) is 15.4. The summed E-state index contributed by atoms with van der Waals surface area (Å²) in [6, 6.07) is 48.8. The van der Waals surface area contributed by atoms with Crippen LogP contribution in [0.25, 0.3) is 0 Å². The number of thioether (sulfide) groups is 1. The Labute approximate surface area is 664 Å². The van der Waals surface area contributed by atoms with Gasteiger partial charge in [-0.05, 0) is 187 Å². The van der Waals surface area contributed by atoms with Crippen LogP contribution < -0.4 is 24.7 Å². The van der Waals surface area contributed by atoms with E-state index in [9.17, 15) is 28.8 Å². The summed E-state index contributed by atoms with van der Waals surface area (Å²) >= 11 is 5.86. The van der Waals surface area contributed by atoms with Gasteiger partial charge in [-0.15, -0.1) is 44.2 Å². The zero-order valence-electron chi connectivity index (χ0n) is 61.7. The number of benzene rings is 3. The lowest BCUT2D eigenvalue weighted by Gasteiger charge is -2.19. The van der Waals surface area contributed by atoms with E-state index in [1.54, 1.807) is 129 Å². The third-order valence-electron chi connectivity index (χ3n) is 17.9. The van der Waals surface area contributed by atoms with Crippen LogP contribution in [-0.2, 0) is 32.6 Å². The number of carbonyl (C=O) groups excluding carboxylic acids is 6. The van der Waals surface area contributed by atoms with E-state index in [1.807, 2.05) is 132 Å². The second-order valence-electron chi connectivity index (χ2n) is 25.1. The number of nitrogens with zero attached hydrogens (tertiary/aromatic N) is 11. The van der Waals surface area contributed by atoms with Crippen molar-refractivity contribution >= 4 is 104 Å². The van der Waals surface area contributed by atoms with Crippen molar-refractivity contribution in [2.75, 3.05) is 39.8 Å². The molecule has 4 aliphatic rings. The van der Waals surface area contributed by atoms with Crippen LogP contribution in [0.2, 0.25) is 0 Å². The first kappa shape index (κ1) is 78.5. The molecule has 0 bridgehead atoms. The average Bonchev–Trinajstić information content (AvgIpc) is 1.66. The average molecular weight is 1600 g/mol. The highest BCUT2D eigenvalue weighted by Gasteiger charge is 2.40. The lowest BCUT2D eigenvalue weighted by molar-refractivity contribution is -0.145. The Morgan fingerprint density at radius 2 is 1.01 bits per heavy atom. The van der Waals surface area contributed by atoms with Crippen LogP contribution in [0, 0.1) is 0 Å². The van der Waals surface area contributed by atoms with Crippen LogP contribution in [0.15, 0.2) is 259 Å². The molecule has 113 heavy (non-hydrogen) atoms. The van der Waals surface area contributed by atoms with Crippen LogP contribution >= 0.6 is 45.8 Å². The molecule has 0 saturated heterocycles. The highest BCUT2D eigenvalue weighted by atomic mass is 32.2. The third kappa shape index (κ3) is 19.0. The number of hydrogen-bond acceptors (Lipinski definition) is 26. The topological polar surface area (TPSA) is 333 Å². The van der Waals surface area contributed by atoms with Gasteiger partial charge in [-0.3, -0.25) is 24.0 Å². The summed E-state index contributed by atoms with van der Waals surface area (Å²) in [5, 5.41) is 39.0. The van der Waals surface area contributed by atoms with E-state index in [-0.39, 0.29) is 84.0 Å². The number of methoxy groups -OCH3 is 2. The second-order valence-corrected chi connectivity index (χ2v) is 28.9. The minimum atomic E-state index is -0.411. The first-order valence-corrected chi connectivity index (χ1v) is 39.3. The van der Waals surface area contributed by atoms with Crippen molar-refractivity contribution in [1.29, 1.82) is 0 Å². The molecule has 2 N–H and O–H groups in total. The predicted molar refractivity (Wildman–Crippen MR) is 422 cm³/mol. The maximum Gasteiger partial charge on any atom is 0.344 e. The molecule has 32 heteroatoms. The zero-order valence-corrected chi connectivity index (χ0v) is 65.0. The summed E-state index contributed by atoms with van der Waals surface area (Å²) < 4.78 is 55.4. The van der Waals surface area contributed by atoms with E-state index in [0.29, 0.717) is 95.7 Å². The Bertz CT molecular complexity index is 5260. The number of rotatable bonds is 25. The number of primary amides is 1. The monoisotopic (exact) mass is 1600 g/mol. The van der Waals surface area contributed by atoms with Gasteiger partial charge in [-0.2, -0.15) is 20.4 Å². The molecule has 5 amide bonds. The van der Waals surface area contributed by atoms with Gasteiger partial charge < -0.3 is 56.1 Å². The Balaban J connectivity index is 0.000000132. The molecule has 28 nitrogen and oxygen atoms in total. The van der Waals surface area contributed by atoms with Crippen LogP contribution in [0.4, 0.5) is 0 Å². The fraction of sp³-hybridized carbons (Fsp3) is 0.235. The van der Waals surface area contributed by atoms with Crippen molar-refractivity contribution in [2.45, 2.75) is 81.7 Å². The van der Waals surface area contributed by atoms with Gasteiger partial charge in [-0.25, -0.2) is 24.8 Å². The highest BCUT2D eigenvalue weighted by Crippen LogP contribution is 2.41. The van der Waals surface area contributed by atoms with Gasteiger partial charge in [0.15, 0.2) is 34.8 Å². The van der Waals surface area contributed by atoms with Crippen molar-refractivity contribution in [3.63, 3.8) is 0 Å². The number of nitrogens with two attached hydrogens (primary N) is 1. The molecule has 12 aromatic rings. The SMILES string of the molecule is CCOC(=O)COc1ccc(C2=NN(C(=O)c3cccs3)C(c3ccco3)C2)cc1.CCOc1ccc(C2=NN(C(=O)c3ccco3)C(c3ccco3)C2)cc1.COc1ccc(C2=NN(C(=O)c3ccco3)C(c3cccs3)C2)cc1OC.Cn1c(CCC(N)=O)nnc1SCC(=O)N1N=C(c2cccs2)CC1c1ccco1. The molecule has 0 saturated carbocycles. The summed E-state index contributed by atoms with van der Waals surface area (Å²) in [7, 11) is 5.00. The molecular weight excluding hydrogens is 1530 g/mol. The van der Waals surface area contributed by atoms with E-state index < -0.39 is 5.97 Å². The molecule has 0 radical (unpaired) electrons. The Morgan fingerprint density at radius 1 is 0.504 bits per heavy atom. The van der Waals surface area contributed by atoms with Crippen molar-refractivity contribution < 1.29 is 74.5 Å². The Morgan fingerprint density at radius 3 is 1.52 bits per heavy atom. The van der Waals surface area contributed by atoms with E-state index in [1.165, 1.54) is 55.7 Å². The number of amides is 5. The van der Waals surface area contributed by atoms with Gasteiger partial charge in [0, 0.05) is 56.0 Å². The van der Waals surface area contributed by atoms with Crippen LogP contribution in [-0.4, -0.2) is 133 Å². The molecule has 9 aromatic heterocycles. The highest BCUT2D eigenvalue weighted by molar-refractivity contribution is 7.99. The number of esters is 1. The van der Waals surface area contributed by atoms with Gasteiger partial charge in [0.25, 0.3) is 11.8 Å². The number of furan rings is 5.